The summed E-state index contributed by atoms with van der Waals surface area (Å²) in [6.07, 6.45) is 1.60. The quantitative estimate of drug-likeness (QED) is 0.717. The number of fused-ring (bicyclic) bond motifs is 2. The summed E-state index contributed by atoms with van der Waals surface area (Å²) in [5.41, 5.74) is 9.50. The van der Waals surface area contributed by atoms with Gasteiger partial charge in [-0.2, -0.15) is 5.26 Å². The van der Waals surface area contributed by atoms with Crippen LogP contribution in [0.2, 0.25) is 0 Å². The number of methoxy groups -OCH3 is 3. The van der Waals surface area contributed by atoms with Gasteiger partial charge in [-0.3, -0.25) is 0 Å². The molecule has 142 valence electrons. The average Bonchev–Trinajstić information content (AvgIpc) is 3.17. The summed E-state index contributed by atoms with van der Waals surface area (Å²) in [6.45, 7) is 0. The third kappa shape index (κ3) is 2.56. The number of hydrogen-bond acceptors (Lipinski definition) is 7. The van der Waals surface area contributed by atoms with Crippen LogP contribution < -0.4 is 24.7 Å². The normalized spacial score (nSPS) is 15.6. The molecule has 0 aliphatic carbocycles. The van der Waals surface area contributed by atoms with Crippen LogP contribution in [0.3, 0.4) is 0 Å². The van der Waals surface area contributed by atoms with Crippen molar-refractivity contribution in [2.45, 2.75) is 5.92 Å². The molecule has 28 heavy (non-hydrogen) atoms. The van der Waals surface area contributed by atoms with Crippen LogP contribution in [0, 0.1) is 11.3 Å². The van der Waals surface area contributed by atoms with Crippen LogP contribution in [0.4, 0.5) is 0 Å². The molecule has 3 N–H and O–H groups in total. The molecule has 8 nitrogen and oxygen atoms in total. The van der Waals surface area contributed by atoms with E-state index in [-0.39, 0.29) is 5.88 Å². The van der Waals surface area contributed by atoms with E-state index in [9.17, 15) is 5.26 Å². The number of nitrogens with one attached hydrogen (secondary N) is 1. The van der Waals surface area contributed by atoms with Crippen LogP contribution in [-0.4, -0.2) is 31.3 Å². The molecule has 2 aromatic carbocycles. The number of ether oxygens (including phenoxy) is 4. The Kier molecular flexibility index (Phi) is 4.20. The topological polar surface area (TPSA) is 115 Å². The second kappa shape index (κ2) is 6.70. The van der Waals surface area contributed by atoms with Crippen molar-refractivity contribution >= 4 is 11.0 Å². The number of nitriles is 1. The molecular formula is C20H18N4O4. The first-order valence-electron chi connectivity index (χ1n) is 8.45. The maximum Gasteiger partial charge on any atom is 0.205 e. The van der Waals surface area contributed by atoms with Gasteiger partial charge < -0.3 is 29.7 Å². The molecule has 1 unspecified atom stereocenters. The molecule has 0 radical (unpaired) electrons. The highest BCUT2D eigenvalue weighted by Crippen LogP contribution is 2.47. The predicted octanol–water partition coefficient (Wildman–Crippen LogP) is 2.81. The van der Waals surface area contributed by atoms with Crippen molar-refractivity contribution in [3.8, 4) is 29.1 Å². The summed E-state index contributed by atoms with van der Waals surface area (Å²) in [5, 5.41) is 9.77. The largest absolute Gasteiger partial charge is 0.493 e. The fourth-order valence-corrected chi connectivity index (χ4v) is 3.50. The molecule has 3 aromatic rings. The molecule has 1 aromatic heterocycles. The number of nitrogens with zero attached hydrogens (tertiary/aromatic N) is 2. The summed E-state index contributed by atoms with van der Waals surface area (Å²) in [6, 6.07) is 9.51. The van der Waals surface area contributed by atoms with E-state index >= 15 is 0 Å². The third-order valence-corrected chi connectivity index (χ3v) is 4.78. The van der Waals surface area contributed by atoms with Crippen molar-refractivity contribution in [1.82, 2.24) is 9.97 Å². The van der Waals surface area contributed by atoms with E-state index in [2.05, 4.69) is 16.0 Å². The Labute approximate surface area is 161 Å². The van der Waals surface area contributed by atoms with Crippen molar-refractivity contribution in [1.29, 1.82) is 5.26 Å². The van der Waals surface area contributed by atoms with E-state index in [0.717, 1.165) is 22.2 Å². The zero-order valence-corrected chi connectivity index (χ0v) is 15.6. The number of H-pyrrole nitrogens is 1. The first-order chi connectivity index (χ1) is 13.6. The zero-order valence-electron chi connectivity index (χ0n) is 15.6. The first-order valence-corrected chi connectivity index (χ1v) is 8.45. The van der Waals surface area contributed by atoms with Gasteiger partial charge in [-0.05, 0) is 23.8 Å². The van der Waals surface area contributed by atoms with Gasteiger partial charge in [-0.15, -0.1) is 0 Å². The van der Waals surface area contributed by atoms with Crippen molar-refractivity contribution in [3.63, 3.8) is 0 Å². The van der Waals surface area contributed by atoms with Gasteiger partial charge >= 0.3 is 0 Å². The van der Waals surface area contributed by atoms with Gasteiger partial charge in [0.15, 0.2) is 11.5 Å². The molecule has 0 saturated carbocycles. The summed E-state index contributed by atoms with van der Waals surface area (Å²) >= 11 is 0. The SMILES string of the molecule is COc1cc(C2C(C#N)=C(N)Oc3cc4nc[nH]c4cc32)cc(OC)c1OC. The van der Waals surface area contributed by atoms with Crippen LogP contribution in [0.1, 0.15) is 17.0 Å². The third-order valence-electron chi connectivity index (χ3n) is 4.78. The number of benzene rings is 2. The van der Waals surface area contributed by atoms with Crippen molar-refractivity contribution < 1.29 is 18.9 Å². The Bertz CT molecular complexity index is 1120. The molecule has 0 saturated heterocycles. The first kappa shape index (κ1) is 17.5. The van der Waals surface area contributed by atoms with Gasteiger partial charge in [-0.25, -0.2) is 4.98 Å². The van der Waals surface area contributed by atoms with Crippen molar-refractivity contribution in [3.05, 3.63) is 53.2 Å². The molecule has 0 fully saturated rings. The van der Waals surface area contributed by atoms with Gasteiger partial charge in [0.05, 0.1) is 44.6 Å². The molecule has 4 rings (SSSR count). The smallest absolute Gasteiger partial charge is 0.205 e. The van der Waals surface area contributed by atoms with Crippen LogP contribution in [-0.2, 0) is 0 Å². The highest BCUT2D eigenvalue weighted by atomic mass is 16.5. The van der Waals surface area contributed by atoms with Crippen molar-refractivity contribution in [2.24, 2.45) is 5.73 Å². The van der Waals surface area contributed by atoms with Gasteiger partial charge in [0.2, 0.25) is 11.6 Å². The highest BCUT2D eigenvalue weighted by Gasteiger charge is 2.32. The number of imidazole rings is 1. The van der Waals surface area contributed by atoms with E-state index in [1.807, 2.05) is 18.2 Å². The van der Waals surface area contributed by atoms with Crippen LogP contribution >= 0.6 is 0 Å². The lowest BCUT2D eigenvalue weighted by atomic mass is 9.83. The molecular weight excluding hydrogens is 360 g/mol. The maximum atomic E-state index is 9.77. The highest BCUT2D eigenvalue weighted by molar-refractivity contribution is 5.79. The summed E-state index contributed by atoms with van der Waals surface area (Å²) < 4.78 is 22.1. The van der Waals surface area contributed by atoms with E-state index in [4.69, 9.17) is 24.7 Å². The number of aromatic amines is 1. The zero-order chi connectivity index (χ0) is 19.8. The fraction of sp³-hybridized carbons (Fsp3) is 0.200. The lowest BCUT2D eigenvalue weighted by Gasteiger charge is -2.27. The van der Waals surface area contributed by atoms with Crippen molar-refractivity contribution in [2.75, 3.05) is 21.3 Å². The Balaban J connectivity index is 1.99. The van der Waals surface area contributed by atoms with Gasteiger partial charge in [0, 0.05) is 11.6 Å². The lowest BCUT2D eigenvalue weighted by molar-refractivity contribution is 0.323. The Hall–Kier alpha value is -3.86. The van der Waals surface area contributed by atoms with Crippen LogP contribution in [0.25, 0.3) is 11.0 Å². The second-order valence-corrected chi connectivity index (χ2v) is 6.19. The van der Waals surface area contributed by atoms with Gasteiger partial charge in [0.25, 0.3) is 0 Å². The minimum absolute atomic E-state index is 0.0589. The minimum atomic E-state index is -0.463. The minimum Gasteiger partial charge on any atom is -0.493 e. The summed E-state index contributed by atoms with van der Waals surface area (Å²) in [5.74, 6) is 1.60. The maximum absolute atomic E-state index is 9.77. The molecule has 1 aliphatic rings. The molecule has 1 atom stereocenters. The summed E-state index contributed by atoms with van der Waals surface area (Å²) in [7, 11) is 4.63. The van der Waals surface area contributed by atoms with E-state index in [0.29, 0.717) is 28.6 Å². The standard InChI is InChI=1S/C20H18N4O4/c1-25-16-4-10(5-17(26-2)19(16)27-3)18-11-6-13-14(24-9-23-13)7-15(11)28-20(22)12(18)8-21/h4-7,9,18H,22H2,1-3H3,(H,23,24). The molecule has 0 amide bonds. The molecule has 0 spiro atoms. The van der Waals surface area contributed by atoms with Gasteiger partial charge in [-0.1, -0.05) is 0 Å². The van der Waals surface area contributed by atoms with Crippen LogP contribution in [0.5, 0.6) is 23.0 Å². The fourth-order valence-electron chi connectivity index (χ4n) is 3.50. The van der Waals surface area contributed by atoms with E-state index in [1.54, 1.807) is 26.6 Å². The second-order valence-electron chi connectivity index (χ2n) is 6.19. The van der Waals surface area contributed by atoms with E-state index in [1.165, 1.54) is 7.11 Å². The number of nitrogens with two attached hydrogens (primary N) is 1. The summed E-state index contributed by atoms with van der Waals surface area (Å²) in [4.78, 5) is 7.34. The number of rotatable bonds is 4. The Morgan fingerprint density at radius 1 is 1.11 bits per heavy atom. The Morgan fingerprint density at radius 3 is 2.43 bits per heavy atom. The average molecular weight is 378 g/mol. The lowest BCUT2D eigenvalue weighted by Crippen LogP contribution is -2.21. The molecule has 8 heteroatoms. The number of aromatic nitrogens is 2. The number of hydrogen-bond donors (Lipinski definition) is 2. The Morgan fingerprint density at radius 2 is 1.82 bits per heavy atom. The van der Waals surface area contributed by atoms with E-state index < -0.39 is 5.92 Å². The molecule has 1 aliphatic heterocycles. The molecule has 0 bridgehead atoms. The molecule has 2 heterocycles. The van der Waals surface area contributed by atoms with Crippen LogP contribution in [0.15, 0.2) is 42.0 Å². The van der Waals surface area contributed by atoms with Gasteiger partial charge in [0.1, 0.15) is 17.4 Å². The number of allylic oxidation sites excluding steroid dienone is 1. The predicted molar refractivity (Wildman–Crippen MR) is 101 cm³/mol. The monoisotopic (exact) mass is 378 g/mol.